The molecule has 0 radical (unpaired) electrons. The Labute approximate surface area is 112 Å². The minimum absolute atomic E-state index is 0.158. The molecule has 1 atom stereocenters. The molecule has 1 aromatic carbocycles. The molecule has 1 rings (SSSR count). The van der Waals surface area contributed by atoms with Crippen molar-refractivity contribution >= 4 is 15.9 Å². The molecular weight excluding hydrogens is 281 g/mol. The fraction of sp³-hybridized carbons (Fsp3) is 0.571. The summed E-state index contributed by atoms with van der Waals surface area (Å²) in [5.74, 6) is -0.158. The van der Waals surface area contributed by atoms with E-state index in [1.54, 1.807) is 12.1 Å². The highest BCUT2D eigenvalue weighted by atomic mass is 79.9. The first-order chi connectivity index (χ1) is 8.17. The lowest BCUT2D eigenvalue weighted by atomic mass is 10.0. The van der Waals surface area contributed by atoms with E-state index in [-0.39, 0.29) is 5.82 Å². The normalized spacial score (nSPS) is 12.7. The smallest absolute Gasteiger partial charge is 0.123 e. The van der Waals surface area contributed by atoms with E-state index < -0.39 is 0 Å². The summed E-state index contributed by atoms with van der Waals surface area (Å²) in [4.78, 5) is 0. The van der Waals surface area contributed by atoms with Crippen LogP contribution >= 0.6 is 15.9 Å². The van der Waals surface area contributed by atoms with Gasteiger partial charge in [0.1, 0.15) is 5.82 Å². The van der Waals surface area contributed by atoms with Crippen molar-refractivity contribution in [3.05, 3.63) is 34.1 Å². The van der Waals surface area contributed by atoms with Crippen LogP contribution in [0, 0.1) is 5.82 Å². The van der Waals surface area contributed by atoms with E-state index in [1.165, 1.54) is 6.07 Å². The van der Waals surface area contributed by atoms with Crippen molar-refractivity contribution in [1.82, 2.24) is 5.32 Å². The van der Waals surface area contributed by atoms with Gasteiger partial charge in [0.2, 0.25) is 0 Å². The van der Waals surface area contributed by atoms with Gasteiger partial charge in [0, 0.05) is 10.5 Å². The molecular formula is C14H21BrFN. The van der Waals surface area contributed by atoms with E-state index in [1.807, 2.05) is 0 Å². The SMILES string of the molecule is CCCNC(CCC)Cc1cc(F)ccc1Br. The number of nitrogens with one attached hydrogen (secondary N) is 1. The Kier molecular flexibility index (Phi) is 6.75. The number of rotatable bonds is 7. The third kappa shape index (κ3) is 5.17. The van der Waals surface area contributed by atoms with Gasteiger partial charge in [-0.15, -0.1) is 0 Å². The first-order valence-electron chi connectivity index (χ1n) is 6.34. The third-order valence-corrected chi connectivity index (χ3v) is 3.57. The Morgan fingerprint density at radius 1 is 1.29 bits per heavy atom. The van der Waals surface area contributed by atoms with E-state index in [0.29, 0.717) is 6.04 Å². The summed E-state index contributed by atoms with van der Waals surface area (Å²) in [6.45, 7) is 5.37. The van der Waals surface area contributed by atoms with E-state index in [4.69, 9.17) is 0 Å². The van der Waals surface area contributed by atoms with Crippen molar-refractivity contribution in [3.63, 3.8) is 0 Å². The third-order valence-electron chi connectivity index (χ3n) is 2.79. The topological polar surface area (TPSA) is 12.0 Å². The fourth-order valence-corrected chi connectivity index (χ4v) is 2.35. The van der Waals surface area contributed by atoms with Crippen LogP contribution in [-0.2, 0) is 6.42 Å². The van der Waals surface area contributed by atoms with Crippen LogP contribution in [0.5, 0.6) is 0 Å². The van der Waals surface area contributed by atoms with Crippen LogP contribution in [-0.4, -0.2) is 12.6 Å². The molecule has 1 unspecified atom stereocenters. The zero-order valence-electron chi connectivity index (χ0n) is 10.6. The Balaban J connectivity index is 2.67. The van der Waals surface area contributed by atoms with Crippen molar-refractivity contribution in [2.75, 3.05) is 6.54 Å². The zero-order chi connectivity index (χ0) is 12.7. The minimum Gasteiger partial charge on any atom is -0.314 e. The fourth-order valence-electron chi connectivity index (χ4n) is 1.94. The molecule has 0 aliphatic carbocycles. The molecule has 96 valence electrons. The molecule has 0 heterocycles. The molecule has 1 nitrogen and oxygen atoms in total. The van der Waals surface area contributed by atoms with Crippen molar-refractivity contribution in [2.24, 2.45) is 0 Å². The molecule has 0 amide bonds. The summed E-state index contributed by atoms with van der Waals surface area (Å²) in [5, 5.41) is 3.52. The molecule has 0 aliphatic heterocycles. The average molecular weight is 302 g/mol. The molecule has 0 bridgehead atoms. The quantitative estimate of drug-likeness (QED) is 0.792. The Morgan fingerprint density at radius 3 is 2.71 bits per heavy atom. The molecule has 0 saturated carbocycles. The van der Waals surface area contributed by atoms with Crippen molar-refractivity contribution in [3.8, 4) is 0 Å². The second-order valence-electron chi connectivity index (χ2n) is 4.38. The van der Waals surface area contributed by atoms with Gasteiger partial charge in [0.05, 0.1) is 0 Å². The lowest BCUT2D eigenvalue weighted by Gasteiger charge is -2.18. The minimum atomic E-state index is -0.158. The predicted molar refractivity (Wildman–Crippen MR) is 74.8 cm³/mol. The first-order valence-corrected chi connectivity index (χ1v) is 7.14. The van der Waals surface area contributed by atoms with Crippen LogP contribution in [0.3, 0.4) is 0 Å². The maximum absolute atomic E-state index is 13.2. The van der Waals surface area contributed by atoms with Crippen molar-refractivity contribution in [1.29, 1.82) is 0 Å². The van der Waals surface area contributed by atoms with E-state index >= 15 is 0 Å². The molecule has 0 spiro atoms. The van der Waals surface area contributed by atoms with Gasteiger partial charge in [-0.2, -0.15) is 0 Å². The Bertz CT molecular complexity index is 341. The van der Waals surface area contributed by atoms with Crippen LogP contribution in [0.1, 0.15) is 38.7 Å². The average Bonchev–Trinajstić information content (AvgIpc) is 2.31. The number of hydrogen-bond acceptors (Lipinski definition) is 1. The zero-order valence-corrected chi connectivity index (χ0v) is 12.2. The maximum Gasteiger partial charge on any atom is 0.123 e. The van der Waals surface area contributed by atoms with E-state index in [9.17, 15) is 4.39 Å². The lowest BCUT2D eigenvalue weighted by Crippen LogP contribution is -2.31. The van der Waals surface area contributed by atoms with Gasteiger partial charge in [-0.25, -0.2) is 4.39 Å². The number of benzene rings is 1. The highest BCUT2D eigenvalue weighted by Gasteiger charge is 2.10. The molecule has 17 heavy (non-hydrogen) atoms. The van der Waals surface area contributed by atoms with Crippen LogP contribution in [0.2, 0.25) is 0 Å². The van der Waals surface area contributed by atoms with Gasteiger partial charge in [0.15, 0.2) is 0 Å². The molecule has 0 saturated heterocycles. The Hall–Kier alpha value is -0.410. The van der Waals surface area contributed by atoms with Crippen LogP contribution in [0.4, 0.5) is 4.39 Å². The molecule has 0 fully saturated rings. The second kappa shape index (κ2) is 7.83. The van der Waals surface area contributed by atoms with Crippen LogP contribution < -0.4 is 5.32 Å². The van der Waals surface area contributed by atoms with Crippen molar-refractivity contribution < 1.29 is 4.39 Å². The monoisotopic (exact) mass is 301 g/mol. The molecule has 0 aliphatic rings. The summed E-state index contributed by atoms with van der Waals surface area (Å²) in [6, 6.07) is 5.34. The van der Waals surface area contributed by atoms with Gasteiger partial charge in [-0.05, 0) is 49.6 Å². The summed E-state index contributed by atoms with van der Waals surface area (Å²) in [6.07, 6.45) is 4.29. The van der Waals surface area contributed by atoms with Crippen LogP contribution in [0.15, 0.2) is 22.7 Å². The largest absolute Gasteiger partial charge is 0.314 e. The predicted octanol–water partition coefficient (Wildman–Crippen LogP) is 4.30. The van der Waals surface area contributed by atoms with E-state index in [0.717, 1.165) is 42.3 Å². The highest BCUT2D eigenvalue weighted by Crippen LogP contribution is 2.20. The molecule has 1 aromatic rings. The van der Waals surface area contributed by atoms with Crippen molar-refractivity contribution in [2.45, 2.75) is 45.6 Å². The number of hydrogen-bond donors (Lipinski definition) is 1. The molecule has 1 N–H and O–H groups in total. The van der Waals surface area contributed by atoms with Gasteiger partial charge in [0.25, 0.3) is 0 Å². The maximum atomic E-state index is 13.2. The summed E-state index contributed by atoms with van der Waals surface area (Å²) in [7, 11) is 0. The summed E-state index contributed by atoms with van der Waals surface area (Å²) in [5.41, 5.74) is 1.05. The molecule has 3 heteroatoms. The first kappa shape index (κ1) is 14.7. The summed E-state index contributed by atoms with van der Waals surface area (Å²) < 4.78 is 14.2. The van der Waals surface area contributed by atoms with Gasteiger partial charge in [-0.3, -0.25) is 0 Å². The summed E-state index contributed by atoms with van der Waals surface area (Å²) >= 11 is 3.48. The molecule has 0 aromatic heterocycles. The standard InChI is InChI=1S/C14H21BrFN/c1-3-5-13(17-8-4-2)10-11-9-12(16)6-7-14(11)15/h6-7,9,13,17H,3-5,8,10H2,1-2H3. The number of halogens is 2. The highest BCUT2D eigenvalue weighted by molar-refractivity contribution is 9.10. The van der Waals surface area contributed by atoms with Gasteiger partial charge in [-0.1, -0.05) is 36.2 Å². The lowest BCUT2D eigenvalue weighted by molar-refractivity contribution is 0.471. The second-order valence-corrected chi connectivity index (χ2v) is 5.23. The Morgan fingerprint density at radius 2 is 2.06 bits per heavy atom. The van der Waals surface area contributed by atoms with E-state index in [2.05, 4.69) is 35.1 Å². The van der Waals surface area contributed by atoms with Crippen LogP contribution in [0.25, 0.3) is 0 Å². The van der Waals surface area contributed by atoms with Gasteiger partial charge < -0.3 is 5.32 Å². The van der Waals surface area contributed by atoms with Gasteiger partial charge >= 0.3 is 0 Å².